The molecular formula is C25H26ClNO5. The fraction of sp³-hybridized carbons (Fsp3) is 0.360. The Balaban J connectivity index is 1.91. The SMILES string of the molecule is COc1cccc(C2/C(=C(\O)c3cc(OC)ccc3Cl)C(=O)C(=O)N2C2CCCCC2)c1. The minimum Gasteiger partial charge on any atom is -0.507 e. The number of carbonyl (C=O) groups excluding carboxylic acids is 2. The van der Waals surface area contributed by atoms with Crippen molar-refractivity contribution in [1.82, 2.24) is 4.90 Å². The first-order valence-electron chi connectivity index (χ1n) is 10.7. The molecule has 1 saturated carbocycles. The molecule has 1 aliphatic heterocycles. The second-order valence-corrected chi connectivity index (χ2v) is 8.53. The molecule has 0 radical (unpaired) electrons. The van der Waals surface area contributed by atoms with E-state index in [9.17, 15) is 14.7 Å². The summed E-state index contributed by atoms with van der Waals surface area (Å²) in [7, 11) is 3.07. The summed E-state index contributed by atoms with van der Waals surface area (Å²) in [5, 5.41) is 11.6. The summed E-state index contributed by atoms with van der Waals surface area (Å²) in [6, 6.07) is 11.3. The van der Waals surface area contributed by atoms with Gasteiger partial charge < -0.3 is 19.5 Å². The number of halogens is 1. The molecule has 0 spiro atoms. The van der Waals surface area contributed by atoms with Crippen molar-refractivity contribution in [2.45, 2.75) is 44.2 Å². The molecule has 1 N–H and O–H groups in total. The molecule has 7 heteroatoms. The predicted octanol–water partition coefficient (Wildman–Crippen LogP) is 5.11. The summed E-state index contributed by atoms with van der Waals surface area (Å²) in [5.74, 6) is -0.519. The third kappa shape index (κ3) is 3.95. The molecule has 1 aliphatic carbocycles. The van der Waals surface area contributed by atoms with Gasteiger partial charge in [-0.1, -0.05) is 43.0 Å². The first kappa shape index (κ1) is 22.2. The fourth-order valence-electron chi connectivity index (χ4n) is 4.68. The summed E-state index contributed by atoms with van der Waals surface area (Å²) in [4.78, 5) is 28.2. The molecule has 2 fully saturated rings. The number of Topliss-reactive ketones (excluding diaryl/α,β-unsaturated/α-hetero) is 1. The van der Waals surface area contributed by atoms with Crippen molar-refractivity contribution in [2.24, 2.45) is 0 Å². The topological polar surface area (TPSA) is 76.1 Å². The predicted molar refractivity (Wildman–Crippen MR) is 122 cm³/mol. The van der Waals surface area contributed by atoms with Crippen LogP contribution >= 0.6 is 11.6 Å². The maximum absolute atomic E-state index is 13.3. The lowest BCUT2D eigenvalue weighted by Gasteiger charge is -2.35. The van der Waals surface area contributed by atoms with Gasteiger partial charge in [0.15, 0.2) is 0 Å². The molecule has 1 unspecified atom stereocenters. The Bertz CT molecular complexity index is 1070. The summed E-state index contributed by atoms with van der Waals surface area (Å²) >= 11 is 6.36. The van der Waals surface area contributed by atoms with E-state index in [-0.39, 0.29) is 28.0 Å². The lowest BCUT2D eigenvalue weighted by atomic mass is 9.91. The fourth-order valence-corrected chi connectivity index (χ4v) is 4.89. The highest BCUT2D eigenvalue weighted by Crippen LogP contribution is 2.44. The third-order valence-corrected chi connectivity index (χ3v) is 6.62. The number of ketones is 1. The van der Waals surface area contributed by atoms with Crippen LogP contribution in [0.1, 0.15) is 49.3 Å². The minimum atomic E-state index is -0.726. The number of benzene rings is 2. The van der Waals surface area contributed by atoms with Crippen LogP contribution in [0.25, 0.3) is 5.76 Å². The van der Waals surface area contributed by atoms with E-state index in [1.807, 2.05) is 12.1 Å². The number of rotatable bonds is 5. The van der Waals surface area contributed by atoms with Crippen LogP contribution in [0.3, 0.4) is 0 Å². The minimum absolute atomic E-state index is 0.0315. The largest absolute Gasteiger partial charge is 0.507 e. The Hall–Kier alpha value is -2.99. The van der Waals surface area contributed by atoms with Crippen LogP contribution in [-0.2, 0) is 9.59 Å². The summed E-state index contributed by atoms with van der Waals surface area (Å²) in [6.45, 7) is 0. The van der Waals surface area contributed by atoms with E-state index in [4.69, 9.17) is 21.1 Å². The van der Waals surface area contributed by atoms with E-state index in [1.54, 1.807) is 42.3 Å². The van der Waals surface area contributed by atoms with E-state index in [1.165, 1.54) is 7.11 Å². The molecule has 0 aromatic heterocycles. The molecule has 0 bridgehead atoms. The Labute approximate surface area is 192 Å². The van der Waals surface area contributed by atoms with Crippen molar-refractivity contribution in [3.63, 3.8) is 0 Å². The van der Waals surface area contributed by atoms with Gasteiger partial charge in [0, 0.05) is 11.6 Å². The molecule has 1 amide bonds. The number of ether oxygens (including phenoxy) is 2. The van der Waals surface area contributed by atoms with E-state index in [2.05, 4.69) is 0 Å². The zero-order valence-electron chi connectivity index (χ0n) is 18.1. The highest BCUT2D eigenvalue weighted by Gasteiger charge is 2.49. The second kappa shape index (κ2) is 9.25. The number of aliphatic hydroxyl groups excluding tert-OH is 1. The molecule has 6 nitrogen and oxygen atoms in total. The van der Waals surface area contributed by atoms with Crippen molar-refractivity contribution in [3.8, 4) is 11.5 Å². The van der Waals surface area contributed by atoms with Crippen LogP contribution in [0.15, 0.2) is 48.0 Å². The summed E-state index contributed by atoms with van der Waals surface area (Å²) in [5.41, 5.74) is 0.985. The standard InChI is InChI=1S/C25H26ClNO5/c1-31-17-10-6-7-15(13-17)22-21(23(28)19-14-18(32-2)11-12-20(19)26)24(29)25(30)27(22)16-8-4-3-5-9-16/h6-7,10-14,16,22,28H,3-5,8-9H2,1-2H3/b23-21+. The summed E-state index contributed by atoms with van der Waals surface area (Å²) < 4.78 is 10.6. The molecule has 2 aromatic rings. The average Bonchev–Trinajstić information content (AvgIpc) is 3.10. The molecule has 1 saturated heterocycles. The molecule has 168 valence electrons. The van der Waals surface area contributed by atoms with Crippen LogP contribution in [0.2, 0.25) is 5.02 Å². The van der Waals surface area contributed by atoms with Gasteiger partial charge in [-0.05, 0) is 48.7 Å². The van der Waals surface area contributed by atoms with Gasteiger partial charge in [-0.3, -0.25) is 9.59 Å². The molecule has 2 aliphatic rings. The van der Waals surface area contributed by atoms with Crippen molar-refractivity contribution in [3.05, 3.63) is 64.2 Å². The zero-order chi connectivity index (χ0) is 22.8. The van der Waals surface area contributed by atoms with Crippen LogP contribution in [-0.4, -0.2) is 42.0 Å². The Morgan fingerprint density at radius 2 is 1.69 bits per heavy atom. The number of likely N-dealkylation sites (tertiary alicyclic amines) is 1. The number of carbonyl (C=O) groups is 2. The van der Waals surface area contributed by atoms with Crippen LogP contribution in [0.5, 0.6) is 11.5 Å². The van der Waals surface area contributed by atoms with Gasteiger partial charge >= 0.3 is 0 Å². The first-order valence-corrected chi connectivity index (χ1v) is 11.1. The smallest absolute Gasteiger partial charge is 0.295 e. The van der Waals surface area contributed by atoms with Crippen molar-refractivity contribution in [1.29, 1.82) is 0 Å². The number of amides is 1. The number of hydrogen-bond acceptors (Lipinski definition) is 5. The maximum atomic E-state index is 13.3. The molecular weight excluding hydrogens is 430 g/mol. The molecule has 1 atom stereocenters. The number of methoxy groups -OCH3 is 2. The van der Waals surface area contributed by atoms with Gasteiger partial charge in [0.25, 0.3) is 11.7 Å². The van der Waals surface area contributed by atoms with Gasteiger partial charge in [0.2, 0.25) is 0 Å². The quantitative estimate of drug-likeness (QED) is 0.385. The summed E-state index contributed by atoms with van der Waals surface area (Å²) in [6.07, 6.45) is 4.77. The zero-order valence-corrected chi connectivity index (χ0v) is 18.9. The lowest BCUT2D eigenvalue weighted by molar-refractivity contribution is -0.141. The van der Waals surface area contributed by atoms with Gasteiger partial charge in [-0.15, -0.1) is 0 Å². The normalized spacial score (nSPS) is 21.1. The second-order valence-electron chi connectivity index (χ2n) is 8.12. The number of hydrogen-bond donors (Lipinski definition) is 1. The molecule has 1 heterocycles. The van der Waals surface area contributed by atoms with E-state index in [0.717, 1.165) is 32.1 Å². The monoisotopic (exact) mass is 455 g/mol. The molecule has 2 aromatic carbocycles. The molecule has 32 heavy (non-hydrogen) atoms. The molecule has 4 rings (SSSR count). The van der Waals surface area contributed by atoms with Crippen molar-refractivity contribution < 1.29 is 24.2 Å². The van der Waals surface area contributed by atoms with Crippen LogP contribution in [0, 0.1) is 0 Å². The Morgan fingerprint density at radius 3 is 2.38 bits per heavy atom. The Kier molecular flexibility index (Phi) is 6.42. The lowest BCUT2D eigenvalue weighted by Crippen LogP contribution is -2.40. The highest BCUT2D eigenvalue weighted by atomic mass is 35.5. The van der Waals surface area contributed by atoms with Crippen LogP contribution in [0.4, 0.5) is 0 Å². The van der Waals surface area contributed by atoms with E-state index < -0.39 is 17.7 Å². The van der Waals surface area contributed by atoms with Gasteiger partial charge in [0.1, 0.15) is 17.3 Å². The highest BCUT2D eigenvalue weighted by molar-refractivity contribution is 6.47. The van der Waals surface area contributed by atoms with Gasteiger partial charge in [0.05, 0.1) is 30.9 Å². The maximum Gasteiger partial charge on any atom is 0.295 e. The van der Waals surface area contributed by atoms with E-state index in [0.29, 0.717) is 17.1 Å². The number of nitrogens with zero attached hydrogens (tertiary/aromatic N) is 1. The van der Waals surface area contributed by atoms with Crippen molar-refractivity contribution >= 4 is 29.1 Å². The first-order chi connectivity index (χ1) is 15.5. The van der Waals surface area contributed by atoms with E-state index >= 15 is 0 Å². The number of aliphatic hydroxyl groups is 1. The average molecular weight is 456 g/mol. The third-order valence-electron chi connectivity index (χ3n) is 6.29. The van der Waals surface area contributed by atoms with Gasteiger partial charge in [-0.25, -0.2) is 0 Å². The van der Waals surface area contributed by atoms with Gasteiger partial charge in [-0.2, -0.15) is 0 Å². The van der Waals surface area contributed by atoms with Crippen molar-refractivity contribution in [2.75, 3.05) is 14.2 Å². The van der Waals surface area contributed by atoms with Crippen LogP contribution < -0.4 is 9.47 Å². The Morgan fingerprint density at radius 1 is 1.00 bits per heavy atom.